The smallest absolute Gasteiger partial charge is 0.399 e. The van der Waals surface area contributed by atoms with Gasteiger partial charge in [-0.15, -0.1) is 8.78 Å². The first-order valence-electron chi connectivity index (χ1n) is 6.38. The summed E-state index contributed by atoms with van der Waals surface area (Å²) >= 11 is 6.16. The molecule has 3 nitrogen and oxygen atoms in total. The van der Waals surface area contributed by atoms with Crippen molar-refractivity contribution in [3.63, 3.8) is 0 Å². The minimum absolute atomic E-state index is 0.0331. The van der Waals surface area contributed by atoms with Crippen molar-refractivity contribution in [2.24, 2.45) is 0 Å². The Bertz CT molecular complexity index is 719. The molecule has 0 aliphatic carbocycles. The number of hydrogen-bond donors (Lipinski definition) is 1. The van der Waals surface area contributed by atoms with Crippen LogP contribution in [0.2, 0.25) is 5.02 Å². The first kappa shape index (κ1) is 13.9. The molecule has 1 aliphatic heterocycles. The Labute approximate surface area is 125 Å². The highest BCUT2D eigenvalue weighted by atomic mass is 35.5. The van der Waals surface area contributed by atoms with Gasteiger partial charge in [-0.05, 0) is 35.7 Å². The van der Waals surface area contributed by atoms with Crippen molar-refractivity contribution in [1.82, 2.24) is 0 Å². The molecular formula is C15H12ClF2NO2. The van der Waals surface area contributed by atoms with E-state index in [0.717, 1.165) is 17.5 Å². The van der Waals surface area contributed by atoms with Crippen molar-refractivity contribution in [2.45, 2.75) is 19.6 Å². The van der Waals surface area contributed by atoms with E-state index in [1.807, 2.05) is 13.0 Å². The summed E-state index contributed by atoms with van der Waals surface area (Å²) in [5.74, 6) is -0.103. The van der Waals surface area contributed by atoms with E-state index in [4.69, 9.17) is 17.3 Å². The standard InChI is InChI=1S/C15H12ClF2NO2/c1-2-8-5-9(3-4-12(8)19)10-6-13-14(7-11(10)16)21-15(17,18)20-13/h3-7H,2,19H2,1H3. The number of hydrogen-bond acceptors (Lipinski definition) is 3. The monoisotopic (exact) mass is 311 g/mol. The zero-order valence-electron chi connectivity index (χ0n) is 11.1. The predicted molar refractivity (Wildman–Crippen MR) is 76.9 cm³/mol. The van der Waals surface area contributed by atoms with Gasteiger partial charge >= 0.3 is 6.29 Å². The van der Waals surface area contributed by atoms with Gasteiger partial charge in [0, 0.05) is 17.3 Å². The fourth-order valence-electron chi connectivity index (χ4n) is 2.27. The van der Waals surface area contributed by atoms with Crippen LogP contribution < -0.4 is 15.2 Å². The number of halogens is 3. The van der Waals surface area contributed by atoms with Crippen molar-refractivity contribution in [1.29, 1.82) is 0 Å². The van der Waals surface area contributed by atoms with Crippen LogP contribution in [-0.2, 0) is 6.42 Å². The second-order valence-electron chi connectivity index (χ2n) is 4.71. The molecule has 0 saturated heterocycles. The third kappa shape index (κ3) is 2.49. The van der Waals surface area contributed by atoms with E-state index in [1.54, 1.807) is 12.1 Å². The summed E-state index contributed by atoms with van der Waals surface area (Å²) in [4.78, 5) is 0. The van der Waals surface area contributed by atoms with Crippen LogP contribution in [-0.4, -0.2) is 6.29 Å². The van der Waals surface area contributed by atoms with E-state index < -0.39 is 6.29 Å². The molecule has 0 spiro atoms. The number of benzene rings is 2. The number of alkyl halides is 2. The average Bonchev–Trinajstić information content (AvgIpc) is 2.71. The minimum atomic E-state index is -3.65. The van der Waals surface area contributed by atoms with Crippen LogP contribution in [0.3, 0.4) is 0 Å². The zero-order valence-corrected chi connectivity index (χ0v) is 11.9. The molecule has 3 rings (SSSR count). The van der Waals surface area contributed by atoms with E-state index in [2.05, 4.69) is 9.47 Å². The highest BCUT2D eigenvalue weighted by molar-refractivity contribution is 6.33. The summed E-state index contributed by atoms with van der Waals surface area (Å²) in [5, 5.41) is 0.307. The van der Waals surface area contributed by atoms with Crippen molar-refractivity contribution in [2.75, 3.05) is 5.73 Å². The number of nitrogen functional groups attached to an aromatic ring is 1. The Morgan fingerprint density at radius 2 is 1.81 bits per heavy atom. The van der Waals surface area contributed by atoms with Crippen LogP contribution in [0.1, 0.15) is 12.5 Å². The first-order valence-corrected chi connectivity index (χ1v) is 6.75. The van der Waals surface area contributed by atoms with E-state index in [1.165, 1.54) is 12.1 Å². The molecule has 0 fully saturated rings. The van der Waals surface area contributed by atoms with Crippen molar-refractivity contribution in [3.05, 3.63) is 40.9 Å². The lowest BCUT2D eigenvalue weighted by Gasteiger charge is -2.09. The van der Waals surface area contributed by atoms with E-state index in [0.29, 0.717) is 16.3 Å². The van der Waals surface area contributed by atoms with E-state index in [9.17, 15) is 8.78 Å². The average molecular weight is 312 g/mol. The van der Waals surface area contributed by atoms with Gasteiger partial charge < -0.3 is 15.2 Å². The SMILES string of the molecule is CCc1cc(-c2cc3c(cc2Cl)OC(F)(F)O3)ccc1N. The minimum Gasteiger partial charge on any atom is -0.399 e. The van der Waals surface area contributed by atoms with E-state index in [-0.39, 0.29) is 11.5 Å². The van der Waals surface area contributed by atoms with Gasteiger partial charge in [0.2, 0.25) is 0 Å². The summed E-state index contributed by atoms with van der Waals surface area (Å²) in [5.41, 5.74) is 8.89. The lowest BCUT2D eigenvalue weighted by atomic mass is 10.0. The molecule has 1 heterocycles. The molecule has 0 radical (unpaired) electrons. The molecule has 6 heteroatoms. The highest BCUT2D eigenvalue weighted by Crippen LogP contribution is 2.46. The van der Waals surface area contributed by atoms with Gasteiger partial charge in [0.1, 0.15) is 0 Å². The topological polar surface area (TPSA) is 44.5 Å². The molecule has 0 amide bonds. The van der Waals surface area contributed by atoms with Crippen LogP contribution in [0.25, 0.3) is 11.1 Å². The molecule has 0 saturated carbocycles. The summed E-state index contributed by atoms with van der Waals surface area (Å²) in [6.07, 6.45) is -2.89. The number of rotatable bonds is 2. The van der Waals surface area contributed by atoms with Gasteiger partial charge in [-0.2, -0.15) is 0 Å². The predicted octanol–water partition coefficient (Wildman–Crippen LogP) is 4.47. The number of nitrogens with two attached hydrogens (primary N) is 1. The van der Waals surface area contributed by atoms with E-state index >= 15 is 0 Å². The number of fused-ring (bicyclic) bond motifs is 1. The molecule has 21 heavy (non-hydrogen) atoms. The Morgan fingerprint density at radius 1 is 1.14 bits per heavy atom. The second kappa shape index (κ2) is 4.77. The van der Waals surface area contributed by atoms with Gasteiger partial charge in [0.25, 0.3) is 0 Å². The third-order valence-electron chi connectivity index (χ3n) is 3.33. The fourth-order valence-corrected chi connectivity index (χ4v) is 2.53. The Kier molecular flexibility index (Phi) is 3.17. The van der Waals surface area contributed by atoms with Crippen LogP contribution >= 0.6 is 11.6 Å². The zero-order chi connectivity index (χ0) is 15.2. The maximum atomic E-state index is 13.1. The molecule has 110 valence electrons. The summed E-state index contributed by atoms with van der Waals surface area (Å²) in [6, 6.07) is 8.22. The molecule has 2 N–H and O–H groups in total. The Balaban J connectivity index is 2.08. The molecule has 0 aromatic heterocycles. The first-order chi connectivity index (χ1) is 9.89. The highest BCUT2D eigenvalue weighted by Gasteiger charge is 2.43. The molecule has 0 atom stereocenters. The molecule has 1 aliphatic rings. The Morgan fingerprint density at radius 3 is 2.48 bits per heavy atom. The molecule has 0 unspecified atom stereocenters. The van der Waals surface area contributed by atoms with Crippen molar-refractivity contribution in [3.8, 4) is 22.6 Å². The Hall–Kier alpha value is -2.01. The maximum Gasteiger partial charge on any atom is 0.586 e. The fraction of sp³-hybridized carbons (Fsp3) is 0.200. The van der Waals surface area contributed by atoms with Gasteiger partial charge in [-0.25, -0.2) is 0 Å². The van der Waals surface area contributed by atoms with Crippen LogP contribution in [0.5, 0.6) is 11.5 Å². The van der Waals surface area contributed by atoms with Crippen molar-refractivity contribution < 1.29 is 18.3 Å². The number of aryl methyl sites for hydroxylation is 1. The normalized spacial score (nSPS) is 15.2. The molecule has 2 aromatic rings. The summed E-state index contributed by atoms with van der Waals surface area (Å²) < 4.78 is 35.0. The van der Waals surface area contributed by atoms with Crippen molar-refractivity contribution >= 4 is 17.3 Å². The van der Waals surface area contributed by atoms with Gasteiger partial charge in [0.05, 0.1) is 5.02 Å². The van der Waals surface area contributed by atoms with Gasteiger partial charge in [0.15, 0.2) is 11.5 Å². The third-order valence-corrected chi connectivity index (χ3v) is 3.64. The molecule has 0 bridgehead atoms. The largest absolute Gasteiger partial charge is 0.586 e. The molecule has 2 aromatic carbocycles. The second-order valence-corrected chi connectivity index (χ2v) is 5.12. The molecular weight excluding hydrogens is 300 g/mol. The van der Waals surface area contributed by atoms with Crippen LogP contribution in [0.15, 0.2) is 30.3 Å². The van der Waals surface area contributed by atoms with Gasteiger partial charge in [-0.1, -0.05) is 24.6 Å². The quantitative estimate of drug-likeness (QED) is 0.832. The van der Waals surface area contributed by atoms with Gasteiger partial charge in [-0.3, -0.25) is 0 Å². The summed E-state index contributed by atoms with van der Waals surface area (Å²) in [6.45, 7) is 1.98. The lowest BCUT2D eigenvalue weighted by molar-refractivity contribution is -0.286. The lowest BCUT2D eigenvalue weighted by Crippen LogP contribution is -2.25. The van der Waals surface area contributed by atoms with Crippen LogP contribution in [0, 0.1) is 0 Å². The summed E-state index contributed by atoms with van der Waals surface area (Å²) in [7, 11) is 0. The number of ether oxygens (including phenoxy) is 2. The van der Waals surface area contributed by atoms with Crippen LogP contribution in [0.4, 0.5) is 14.5 Å². The number of anilines is 1. The maximum absolute atomic E-state index is 13.1.